The van der Waals surface area contributed by atoms with Gasteiger partial charge in [0.15, 0.2) is 0 Å². The Morgan fingerprint density at radius 2 is 0.393 bits per heavy atom. The molecule has 0 bridgehead atoms. The number of aliphatic carboxylic acids is 3. The summed E-state index contributed by atoms with van der Waals surface area (Å²) in [5.41, 5.74) is 0. The molecule has 0 aliphatic rings. The fourth-order valence-corrected chi connectivity index (χ4v) is 8.38. The van der Waals surface area contributed by atoms with Crippen molar-refractivity contribution in [3.8, 4) is 0 Å². The molecule has 0 fully saturated rings. The molecule has 0 spiro atoms. The molecule has 502 valence electrons. The number of aliphatic hydroxyl groups is 12. The van der Waals surface area contributed by atoms with Crippen molar-refractivity contribution in [1.29, 1.82) is 0 Å². The van der Waals surface area contributed by atoms with Gasteiger partial charge in [0, 0.05) is 19.3 Å². The number of allylic oxidation sites excluding steroid dienone is 6. The Labute approximate surface area is 509 Å². The van der Waals surface area contributed by atoms with E-state index < -0.39 is 93.2 Å². The van der Waals surface area contributed by atoms with E-state index in [4.69, 9.17) is 76.6 Å². The maximum Gasteiger partial charge on any atom is 0.303 e. The normalized spacial score (nSPS) is 14.2. The summed E-state index contributed by atoms with van der Waals surface area (Å²) in [5, 5.41) is 130. The molecule has 18 nitrogen and oxygen atoms in total. The lowest BCUT2D eigenvalue weighted by Gasteiger charge is -2.24. The molecule has 0 radical (unpaired) electrons. The Balaban J connectivity index is -0.000000315. The van der Waals surface area contributed by atoms with Gasteiger partial charge in [0.25, 0.3) is 0 Å². The molecule has 8 atom stereocenters. The molecule has 0 saturated carbocycles. The van der Waals surface area contributed by atoms with Gasteiger partial charge < -0.3 is 76.6 Å². The fourth-order valence-electron chi connectivity index (χ4n) is 8.38. The maximum absolute atomic E-state index is 10.3. The van der Waals surface area contributed by atoms with E-state index in [1.54, 1.807) is 0 Å². The highest BCUT2D eigenvalue weighted by Crippen LogP contribution is 2.14. The third-order valence-electron chi connectivity index (χ3n) is 14.0. The summed E-state index contributed by atoms with van der Waals surface area (Å²) in [6.07, 6.45) is 50.9. The van der Waals surface area contributed by atoms with Crippen molar-refractivity contribution < 1.29 is 91.0 Å². The molecule has 0 aromatic heterocycles. The minimum atomic E-state index is -1.67. The Morgan fingerprint density at radius 3 is 0.536 bits per heavy atom. The number of rotatable bonds is 55. The summed E-state index contributed by atoms with van der Waals surface area (Å²) in [7, 11) is 0. The molecule has 0 aliphatic carbocycles. The molecule has 18 heteroatoms. The lowest BCUT2D eigenvalue weighted by atomic mass is 10.0. The van der Waals surface area contributed by atoms with Gasteiger partial charge >= 0.3 is 17.9 Å². The second kappa shape index (κ2) is 74.4. The van der Waals surface area contributed by atoms with Crippen LogP contribution in [0.25, 0.3) is 0 Å². The van der Waals surface area contributed by atoms with Crippen molar-refractivity contribution in [2.24, 2.45) is 0 Å². The van der Waals surface area contributed by atoms with Crippen LogP contribution in [0.5, 0.6) is 0 Å². The van der Waals surface area contributed by atoms with Crippen molar-refractivity contribution >= 4 is 17.9 Å². The van der Waals surface area contributed by atoms with E-state index in [-0.39, 0.29) is 0 Å². The average molecular weight is 1210 g/mol. The van der Waals surface area contributed by atoms with Gasteiger partial charge in [-0.05, 0) is 96.3 Å². The van der Waals surface area contributed by atoms with Gasteiger partial charge in [0.05, 0.1) is 26.4 Å². The molecule has 0 heterocycles. The van der Waals surface area contributed by atoms with E-state index in [1.807, 2.05) is 0 Å². The zero-order valence-electron chi connectivity index (χ0n) is 53.0. The van der Waals surface area contributed by atoms with Gasteiger partial charge in [-0.2, -0.15) is 0 Å². The van der Waals surface area contributed by atoms with Crippen molar-refractivity contribution in [1.82, 2.24) is 0 Å². The number of carboxylic acid groups (broad SMARTS) is 3. The minimum absolute atomic E-state index is 0.332. The highest BCUT2D eigenvalue weighted by atomic mass is 16.4. The Morgan fingerprint density at radius 1 is 0.250 bits per heavy atom. The summed E-state index contributed by atoms with van der Waals surface area (Å²) in [4.78, 5) is 31.0. The first kappa shape index (κ1) is 89.9. The molecule has 0 saturated heterocycles. The number of unbranched alkanes of at least 4 members (excludes halogenated alkanes) is 33. The van der Waals surface area contributed by atoms with Crippen LogP contribution < -0.4 is 0 Å². The molecular formula is C66H130O18. The highest BCUT2D eigenvalue weighted by molar-refractivity contribution is 5.67. The predicted octanol–water partition coefficient (Wildman–Crippen LogP) is 11.2. The SMILES string of the molecule is CCCCCCCC/C=C\CCCCCCCC(=O)O.CCCCCCCC/C=C\CCCCCCCC(=O)O.CCCCCCCC/C=C\CCCCCCCC(=O)O.OC[C@@H](O)[C@@H](O)[C@H](O)[C@@H](O)CO.OC[C@@H](O)[C@@H](O)[C@H](O)[C@@H](O)CO. The van der Waals surface area contributed by atoms with E-state index in [1.165, 1.54) is 212 Å². The summed E-state index contributed by atoms with van der Waals surface area (Å²) in [6.45, 7) is 3.87. The van der Waals surface area contributed by atoms with Gasteiger partial charge in [-0.3, -0.25) is 14.4 Å². The largest absolute Gasteiger partial charge is 0.481 e. The van der Waals surface area contributed by atoms with Crippen LogP contribution in [0, 0.1) is 0 Å². The lowest BCUT2D eigenvalue weighted by Crippen LogP contribution is -2.46. The summed E-state index contributed by atoms with van der Waals surface area (Å²) in [6, 6.07) is 0. The van der Waals surface area contributed by atoms with Gasteiger partial charge in [0.1, 0.15) is 48.8 Å². The first-order valence-electron chi connectivity index (χ1n) is 32.9. The van der Waals surface area contributed by atoms with Crippen LogP contribution in [0.4, 0.5) is 0 Å². The number of aliphatic hydroxyl groups excluding tert-OH is 12. The molecule has 0 aromatic rings. The maximum atomic E-state index is 10.3. The first-order valence-corrected chi connectivity index (χ1v) is 32.9. The summed E-state index contributed by atoms with van der Waals surface area (Å²) in [5.74, 6) is -1.99. The zero-order chi connectivity index (χ0) is 64.1. The average Bonchev–Trinajstić information content (AvgIpc) is 3.50. The lowest BCUT2D eigenvalue weighted by molar-refractivity contribution is -0.138. The summed E-state index contributed by atoms with van der Waals surface area (Å²) < 4.78 is 0. The van der Waals surface area contributed by atoms with Crippen LogP contribution in [0.15, 0.2) is 36.5 Å². The van der Waals surface area contributed by atoms with Crippen molar-refractivity contribution in [3.05, 3.63) is 36.5 Å². The third kappa shape index (κ3) is 75.2. The number of hydrogen-bond acceptors (Lipinski definition) is 15. The molecule has 0 unspecified atom stereocenters. The van der Waals surface area contributed by atoms with E-state index in [2.05, 4.69) is 57.2 Å². The zero-order valence-corrected chi connectivity index (χ0v) is 53.0. The van der Waals surface area contributed by atoms with E-state index >= 15 is 0 Å². The van der Waals surface area contributed by atoms with Crippen LogP contribution in [0.2, 0.25) is 0 Å². The van der Waals surface area contributed by atoms with E-state index in [0.29, 0.717) is 19.3 Å². The topological polar surface area (TPSA) is 355 Å². The van der Waals surface area contributed by atoms with E-state index in [0.717, 1.165) is 38.5 Å². The quantitative estimate of drug-likeness (QED) is 0.0199. The molecular weight excluding hydrogens is 1080 g/mol. The Kier molecular flexibility index (Phi) is 79.6. The monoisotopic (exact) mass is 1210 g/mol. The van der Waals surface area contributed by atoms with Crippen molar-refractivity contribution in [3.63, 3.8) is 0 Å². The van der Waals surface area contributed by atoms with Crippen molar-refractivity contribution in [2.45, 2.75) is 339 Å². The summed E-state index contributed by atoms with van der Waals surface area (Å²) >= 11 is 0. The third-order valence-corrected chi connectivity index (χ3v) is 14.0. The van der Waals surface area contributed by atoms with Crippen LogP contribution in [-0.2, 0) is 14.4 Å². The van der Waals surface area contributed by atoms with Gasteiger partial charge in [-0.25, -0.2) is 0 Å². The predicted molar refractivity (Wildman–Crippen MR) is 338 cm³/mol. The van der Waals surface area contributed by atoms with Crippen LogP contribution in [0.1, 0.15) is 290 Å². The second-order valence-electron chi connectivity index (χ2n) is 22.1. The first-order chi connectivity index (χ1) is 40.4. The number of carboxylic acids is 3. The van der Waals surface area contributed by atoms with Gasteiger partial charge in [-0.1, -0.05) is 211 Å². The molecule has 0 rings (SSSR count). The van der Waals surface area contributed by atoms with E-state index in [9.17, 15) is 14.4 Å². The van der Waals surface area contributed by atoms with Crippen LogP contribution in [0.3, 0.4) is 0 Å². The standard InChI is InChI=1S/3C18H34O2.2C6H14O6/c3*1-2-3-4-5-6-7-8-9-10-11-12-13-14-15-16-17-18(19)20;2*7-1-3(9)5(11)6(12)4(10)2-8/h3*9-10H,2-8,11-17H2,1H3,(H,19,20);2*3-12H,1-2H2/b3*10-9-;;/t;;;2*3-,4+,5-,6-/m...11/s1. The van der Waals surface area contributed by atoms with Gasteiger partial charge in [-0.15, -0.1) is 0 Å². The highest BCUT2D eigenvalue weighted by Gasteiger charge is 2.30. The molecule has 0 amide bonds. The Bertz CT molecular complexity index is 1240. The fraction of sp³-hybridized carbons (Fsp3) is 0.864. The van der Waals surface area contributed by atoms with Crippen LogP contribution in [-0.4, -0.2) is 170 Å². The number of hydrogen-bond donors (Lipinski definition) is 15. The van der Waals surface area contributed by atoms with Gasteiger partial charge in [0.2, 0.25) is 0 Å². The Hall–Kier alpha value is -2.85. The minimum Gasteiger partial charge on any atom is -0.481 e. The van der Waals surface area contributed by atoms with Crippen LogP contribution >= 0.6 is 0 Å². The molecule has 15 N–H and O–H groups in total. The van der Waals surface area contributed by atoms with Crippen molar-refractivity contribution in [2.75, 3.05) is 26.4 Å². The smallest absolute Gasteiger partial charge is 0.303 e. The molecule has 0 aromatic carbocycles. The molecule has 84 heavy (non-hydrogen) atoms. The molecule has 0 aliphatic heterocycles. The second-order valence-corrected chi connectivity index (χ2v) is 22.1. The number of carbonyl (C=O) groups is 3.